The molecule has 0 aliphatic carbocycles. The van der Waals surface area contributed by atoms with Crippen LogP contribution in [0.25, 0.3) is 0 Å². The molecule has 17 heavy (non-hydrogen) atoms. The lowest BCUT2D eigenvalue weighted by Crippen LogP contribution is -2.37. The number of benzene rings is 1. The van der Waals surface area contributed by atoms with Gasteiger partial charge in [0, 0.05) is 19.1 Å². The van der Waals surface area contributed by atoms with Gasteiger partial charge in [-0.3, -0.25) is 4.90 Å². The van der Waals surface area contributed by atoms with Gasteiger partial charge in [0.15, 0.2) is 0 Å². The highest BCUT2D eigenvalue weighted by atomic mass is 35.5. The lowest BCUT2D eigenvalue weighted by Gasteiger charge is -2.26. The summed E-state index contributed by atoms with van der Waals surface area (Å²) in [6.07, 6.45) is 0. The number of nitrogens with zero attached hydrogens (tertiary/aromatic N) is 1. The van der Waals surface area contributed by atoms with Crippen LogP contribution in [0.2, 0.25) is 10.0 Å². The Balaban J connectivity index is 2.86. The fourth-order valence-corrected chi connectivity index (χ4v) is 2.06. The zero-order valence-electron chi connectivity index (χ0n) is 9.91. The molecule has 0 aliphatic rings. The van der Waals surface area contributed by atoms with Crippen molar-refractivity contribution in [1.82, 2.24) is 4.90 Å². The van der Waals surface area contributed by atoms with Crippen molar-refractivity contribution in [2.45, 2.75) is 26.4 Å². The quantitative estimate of drug-likeness (QED) is 0.842. The van der Waals surface area contributed by atoms with Gasteiger partial charge in [0.2, 0.25) is 0 Å². The molecule has 0 atom stereocenters. The number of hydrogen-bond donors (Lipinski definition) is 1. The second-order valence-corrected chi connectivity index (χ2v) is 5.49. The minimum atomic E-state index is 0.339. The van der Waals surface area contributed by atoms with Gasteiger partial charge in [0.25, 0.3) is 0 Å². The zero-order valence-corrected chi connectivity index (χ0v) is 12.2. The van der Waals surface area contributed by atoms with Gasteiger partial charge in [-0.1, -0.05) is 47.6 Å². The van der Waals surface area contributed by atoms with Gasteiger partial charge in [-0.05, 0) is 25.5 Å². The highest BCUT2D eigenvalue weighted by Gasteiger charge is 2.13. The third-order valence-electron chi connectivity index (χ3n) is 2.49. The van der Waals surface area contributed by atoms with Gasteiger partial charge >= 0.3 is 0 Å². The molecular weight excluding hydrogens is 275 g/mol. The summed E-state index contributed by atoms with van der Waals surface area (Å²) in [5.74, 6) is 0. The topological polar surface area (TPSA) is 29.3 Å². The first-order valence-electron chi connectivity index (χ1n) is 5.37. The number of nitrogens with two attached hydrogens (primary N) is 1. The summed E-state index contributed by atoms with van der Waals surface area (Å²) in [6.45, 7) is 5.46. The normalized spacial score (nSPS) is 11.2. The standard InChI is InChI=1S/C12H16Cl2N2S/c1-8(2)16(7-11(15)17)6-9-4-3-5-10(13)12(9)14/h3-5,8H,6-7H2,1-2H3,(H2,15,17). The third kappa shape index (κ3) is 4.43. The van der Waals surface area contributed by atoms with Gasteiger partial charge in [-0.2, -0.15) is 0 Å². The molecule has 5 heteroatoms. The Kier molecular flexibility index (Phi) is 5.67. The smallest absolute Gasteiger partial charge is 0.0870 e. The lowest BCUT2D eigenvalue weighted by molar-refractivity contribution is 0.245. The molecule has 0 heterocycles. The average molecular weight is 291 g/mol. The van der Waals surface area contributed by atoms with E-state index in [4.69, 9.17) is 41.2 Å². The predicted molar refractivity (Wildman–Crippen MR) is 78.8 cm³/mol. The van der Waals surface area contributed by atoms with Crippen molar-refractivity contribution in [1.29, 1.82) is 0 Å². The zero-order chi connectivity index (χ0) is 13.0. The van der Waals surface area contributed by atoms with E-state index in [2.05, 4.69) is 18.7 Å². The molecule has 0 unspecified atom stereocenters. The van der Waals surface area contributed by atoms with Gasteiger partial charge in [0.1, 0.15) is 0 Å². The molecule has 0 spiro atoms. The molecule has 1 aromatic carbocycles. The predicted octanol–water partition coefficient (Wildman–Crippen LogP) is 3.49. The minimum absolute atomic E-state index is 0.339. The molecule has 94 valence electrons. The van der Waals surface area contributed by atoms with E-state index in [1.54, 1.807) is 6.07 Å². The molecule has 0 saturated carbocycles. The molecule has 0 fully saturated rings. The number of rotatable bonds is 5. The van der Waals surface area contributed by atoms with Crippen molar-refractivity contribution >= 4 is 40.4 Å². The number of thiocarbonyl (C=S) groups is 1. The summed E-state index contributed by atoms with van der Waals surface area (Å²) in [7, 11) is 0. The minimum Gasteiger partial charge on any atom is -0.392 e. The largest absolute Gasteiger partial charge is 0.392 e. The van der Waals surface area contributed by atoms with Crippen LogP contribution in [0.15, 0.2) is 18.2 Å². The third-order valence-corrected chi connectivity index (χ3v) is 3.48. The summed E-state index contributed by atoms with van der Waals surface area (Å²) in [5, 5.41) is 1.17. The Bertz CT molecular complexity index is 407. The van der Waals surface area contributed by atoms with E-state index < -0.39 is 0 Å². The lowest BCUT2D eigenvalue weighted by atomic mass is 10.2. The van der Waals surface area contributed by atoms with Crippen LogP contribution in [0.4, 0.5) is 0 Å². The van der Waals surface area contributed by atoms with Crippen molar-refractivity contribution in [3.63, 3.8) is 0 Å². The first-order chi connectivity index (χ1) is 7.91. The van der Waals surface area contributed by atoms with Crippen LogP contribution >= 0.6 is 35.4 Å². The van der Waals surface area contributed by atoms with Crippen LogP contribution in [0.5, 0.6) is 0 Å². The fraction of sp³-hybridized carbons (Fsp3) is 0.417. The molecule has 0 aromatic heterocycles. The van der Waals surface area contributed by atoms with Crippen LogP contribution in [0.3, 0.4) is 0 Å². The SMILES string of the molecule is CC(C)N(CC(N)=S)Cc1cccc(Cl)c1Cl. The molecule has 2 N–H and O–H groups in total. The Morgan fingerprint density at radius 2 is 2.06 bits per heavy atom. The Morgan fingerprint density at radius 3 is 2.59 bits per heavy atom. The van der Waals surface area contributed by atoms with Gasteiger partial charge in [-0.15, -0.1) is 0 Å². The molecule has 2 nitrogen and oxygen atoms in total. The van der Waals surface area contributed by atoms with Crippen molar-refractivity contribution in [3.8, 4) is 0 Å². The molecule has 0 amide bonds. The van der Waals surface area contributed by atoms with Crippen LogP contribution in [0, 0.1) is 0 Å². The highest BCUT2D eigenvalue weighted by molar-refractivity contribution is 7.80. The van der Waals surface area contributed by atoms with Gasteiger partial charge in [0.05, 0.1) is 15.0 Å². The van der Waals surface area contributed by atoms with E-state index in [-0.39, 0.29) is 0 Å². The number of halogens is 2. The molecule has 1 aromatic rings. The average Bonchev–Trinajstić information content (AvgIpc) is 2.22. The molecule has 0 radical (unpaired) electrons. The van der Waals surface area contributed by atoms with Crippen molar-refractivity contribution in [2.75, 3.05) is 6.54 Å². The fourth-order valence-electron chi connectivity index (χ4n) is 1.51. The Labute approximate surface area is 118 Å². The summed E-state index contributed by atoms with van der Waals surface area (Å²) in [6, 6.07) is 5.97. The van der Waals surface area contributed by atoms with E-state index in [1.807, 2.05) is 12.1 Å². The molecule has 0 bridgehead atoms. The maximum atomic E-state index is 6.16. The van der Waals surface area contributed by atoms with Crippen molar-refractivity contribution in [3.05, 3.63) is 33.8 Å². The maximum Gasteiger partial charge on any atom is 0.0870 e. The maximum absolute atomic E-state index is 6.16. The monoisotopic (exact) mass is 290 g/mol. The van der Waals surface area contributed by atoms with Crippen LogP contribution in [0.1, 0.15) is 19.4 Å². The van der Waals surface area contributed by atoms with Crippen molar-refractivity contribution in [2.24, 2.45) is 5.73 Å². The van der Waals surface area contributed by atoms with Gasteiger partial charge in [-0.25, -0.2) is 0 Å². The second-order valence-electron chi connectivity index (χ2n) is 4.18. The van der Waals surface area contributed by atoms with Crippen LogP contribution in [-0.4, -0.2) is 22.5 Å². The molecule has 1 rings (SSSR count). The summed E-state index contributed by atoms with van der Waals surface area (Å²) >= 11 is 17.1. The molecular formula is C12H16Cl2N2S. The highest BCUT2D eigenvalue weighted by Crippen LogP contribution is 2.26. The first-order valence-corrected chi connectivity index (χ1v) is 6.53. The Hall–Kier alpha value is -0.350. The van der Waals surface area contributed by atoms with Crippen LogP contribution in [-0.2, 0) is 6.54 Å². The second kappa shape index (κ2) is 6.55. The van der Waals surface area contributed by atoms with Gasteiger partial charge < -0.3 is 5.73 Å². The van der Waals surface area contributed by atoms with E-state index in [0.717, 1.165) is 5.56 Å². The summed E-state index contributed by atoms with van der Waals surface area (Å²) in [5.41, 5.74) is 6.57. The van der Waals surface area contributed by atoms with Crippen LogP contribution < -0.4 is 5.73 Å². The number of hydrogen-bond acceptors (Lipinski definition) is 2. The Morgan fingerprint density at radius 1 is 1.41 bits per heavy atom. The van der Waals surface area contributed by atoms with E-state index in [0.29, 0.717) is 34.2 Å². The van der Waals surface area contributed by atoms with E-state index >= 15 is 0 Å². The van der Waals surface area contributed by atoms with E-state index in [1.165, 1.54) is 0 Å². The summed E-state index contributed by atoms with van der Waals surface area (Å²) < 4.78 is 0. The van der Waals surface area contributed by atoms with Crippen molar-refractivity contribution < 1.29 is 0 Å². The summed E-state index contributed by atoms with van der Waals surface area (Å²) in [4.78, 5) is 2.64. The molecule has 0 aliphatic heterocycles. The van der Waals surface area contributed by atoms with E-state index in [9.17, 15) is 0 Å². The molecule has 0 saturated heterocycles. The first kappa shape index (κ1) is 14.7.